The van der Waals surface area contributed by atoms with Crippen LogP contribution in [0.4, 0.5) is 0 Å². The van der Waals surface area contributed by atoms with Crippen LogP contribution in [0.1, 0.15) is 28.1 Å². The Labute approximate surface area is 121 Å². The first-order valence-corrected chi connectivity index (χ1v) is 7.38. The molecule has 7 heteroatoms. The normalized spacial score (nSPS) is 19.3. The number of carbonyl (C=O) groups excluding carboxylic acids is 1. The van der Waals surface area contributed by atoms with Gasteiger partial charge >= 0.3 is 0 Å². The van der Waals surface area contributed by atoms with E-state index in [2.05, 4.69) is 9.97 Å². The molecule has 0 aliphatic carbocycles. The van der Waals surface area contributed by atoms with Crippen LogP contribution < -0.4 is 0 Å². The molecule has 1 amide bonds. The van der Waals surface area contributed by atoms with E-state index >= 15 is 0 Å². The third-order valence-corrected chi connectivity index (χ3v) is 3.91. The minimum absolute atomic E-state index is 0.0366. The van der Waals surface area contributed by atoms with Crippen molar-refractivity contribution in [1.82, 2.24) is 19.4 Å². The Morgan fingerprint density at radius 1 is 1.55 bits per heavy atom. The summed E-state index contributed by atoms with van der Waals surface area (Å²) in [6.07, 6.45) is 1.78. The molecule has 0 N–H and O–H groups in total. The summed E-state index contributed by atoms with van der Waals surface area (Å²) in [7, 11) is 1.94. The number of ether oxygens (including phenoxy) is 1. The number of thiazole rings is 1. The number of aryl methyl sites for hydroxylation is 2. The molecule has 20 heavy (non-hydrogen) atoms. The van der Waals surface area contributed by atoms with E-state index in [1.165, 1.54) is 11.3 Å². The smallest absolute Gasteiger partial charge is 0.273 e. The largest absolute Gasteiger partial charge is 0.367 e. The molecule has 1 aliphatic rings. The van der Waals surface area contributed by atoms with Crippen LogP contribution >= 0.6 is 11.3 Å². The molecule has 0 saturated carbocycles. The molecule has 1 atom stereocenters. The van der Waals surface area contributed by atoms with Gasteiger partial charge in [0.25, 0.3) is 5.91 Å². The number of carbonyl (C=O) groups is 1. The number of hydrogen-bond acceptors (Lipinski definition) is 5. The molecule has 0 radical (unpaired) electrons. The lowest BCUT2D eigenvalue weighted by atomic mass is 10.2. The third-order valence-electron chi connectivity index (χ3n) is 3.33. The summed E-state index contributed by atoms with van der Waals surface area (Å²) in [5.74, 6) is 0.823. The summed E-state index contributed by atoms with van der Waals surface area (Å²) >= 11 is 1.43. The highest BCUT2D eigenvalue weighted by Gasteiger charge is 2.29. The lowest BCUT2D eigenvalue weighted by Gasteiger charge is -2.32. The summed E-state index contributed by atoms with van der Waals surface area (Å²) in [6, 6.07) is 0. The van der Waals surface area contributed by atoms with Gasteiger partial charge in [-0.2, -0.15) is 0 Å². The Hall–Kier alpha value is -1.73. The van der Waals surface area contributed by atoms with Gasteiger partial charge in [-0.25, -0.2) is 9.97 Å². The van der Waals surface area contributed by atoms with Gasteiger partial charge in [0.15, 0.2) is 0 Å². The van der Waals surface area contributed by atoms with Gasteiger partial charge in [-0.3, -0.25) is 4.79 Å². The lowest BCUT2D eigenvalue weighted by molar-refractivity contribution is -0.0281. The standard InChI is InChI=1S/C13H16N4O2S/c1-9-5-16(2)12(15-9)11-6-17(3-4-19-11)13(18)10-7-20-8-14-10/h5,7-8,11H,3-4,6H2,1-2H3/t11-/m0/s1. The molecular weight excluding hydrogens is 276 g/mol. The fourth-order valence-electron chi connectivity index (χ4n) is 2.40. The first-order chi connectivity index (χ1) is 9.65. The summed E-state index contributed by atoms with van der Waals surface area (Å²) in [5.41, 5.74) is 3.13. The van der Waals surface area contributed by atoms with Crippen LogP contribution in [-0.2, 0) is 11.8 Å². The topological polar surface area (TPSA) is 60.2 Å². The molecule has 106 valence electrons. The molecule has 2 aromatic rings. The second kappa shape index (κ2) is 5.34. The Morgan fingerprint density at radius 3 is 3.05 bits per heavy atom. The van der Waals surface area contributed by atoms with Crippen LogP contribution in [0.2, 0.25) is 0 Å². The Balaban J connectivity index is 1.77. The van der Waals surface area contributed by atoms with Crippen LogP contribution in [0.15, 0.2) is 17.1 Å². The second-order valence-electron chi connectivity index (χ2n) is 4.84. The highest BCUT2D eigenvalue weighted by Crippen LogP contribution is 2.22. The first kappa shape index (κ1) is 13.3. The predicted molar refractivity (Wildman–Crippen MR) is 74.7 cm³/mol. The summed E-state index contributed by atoms with van der Waals surface area (Å²) in [5, 5.41) is 1.78. The van der Waals surface area contributed by atoms with Crippen LogP contribution in [0.3, 0.4) is 0 Å². The highest BCUT2D eigenvalue weighted by molar-refractivity contribution is 7.07. The monoisotopic (exact) mass is 292 g/mol. The SMILES string of the molecule is Cc1cn(C)c([C@@H]2CN(C(=O)c3cscn3)CCO2)n1. The van der Waals surface area contributed by atoms with Gasteiger partial charge in [0, 0.05) is 25.2 Å². The fraction of sp³-hybridized carbons (Fsp3) is 0.462. The molecule has 1 saturated heterocycles. The zero-order chi connectivity index (χ0) is 14.1. The van der Waals surface area contributed by atoms with Crippen LogP contribution in [0, 0.1) is 6.92 Å². The molecule has 1 aliphatic heterocycles. The molecule has 3 heterocycles. The number of amides is 1. The number of aromatic nitrogens is 3. The Kier molecular flexibility index (Phi) is 3.54. The van der Waals surface area contributed by atoms with Crippen molar-refractivity contribution in [3.63, 3.8) is 0 Å². The molecule has 1 fully saturated rings. The van der Waals surface area contributed by atoms with Gasteiger partial charge in [0.05, 0.1) is 24.4 Å². The van der Waals surface area contributed by atoms with Gasteiger partial charge < -0.3 is 14.2 Å². The molecule has 2 aromatic heterocycles. The summed E-state index contributed by atoms with van der Waals surface area (Å²) in [6.45, 7) is 3.58. The first-order valence-electron chi connectivity index (χ1n) is 6.44. The number of nitrogens with zero attached hydrogens (tertiary/aromatic N) is 4. The van der Waals surface area contributed by atoms with Gasteiger partial charge in [-0.05, 0) is 6.92 Å². The van der Waals surface area contributed by atoms with Crippen molar-refractivity contribution >= 4 is 17.2 Å². The molecule has 0 spiro atoms. The Morgan fingerprint density at radius 2 is 2.40 bits per heavy atom. The molecular formula is C13H16N4O2S. The van der Waals surface area contributed by atoms with E-state index in [-0.39, 0.29) is 12.0 Å². The van der Waals surface area contributed by atoms with Crippen molar-refractivity contribution in [1.29, 1.82) is 0 Å². The predicted octanol–water partition coefficient (Wildman–Crippen LogP) is 1.40. The second-order valence-corrected chi connectivity index (χ2v) is 5.55. The number of hydrogen-bond donors (Lipinski definition) is 0. The maximum Gasteiger partial charge on any atom is 0.273 e. The van der Waals surface area contributed by atoms with Crippen LogP contribution in [-0.4, -0.2) is 45.0 Å². The number of morpholine rings is 1. The van der Waals surface area contributed by atoms with Crippen molar-refractivity contribution in [3.8, 4) is 0 Å². The molecule has 0 unspecified atom stereocenters. The van der Waals surface area contributed by atoms with E-state index in [9.17, 15) is 4.79 Å². The zero-order valence-corrected chi connectivity index (χ0v) is 12.3. The summed E-state index contributed by atoms with van der Waals surface area (Å²) < 4.78 is 7.72. The van der Waals surface area contributed by atoms with E-state index in [1.807, 2.05) is 24.7 Å². The quantitative estimate of drug-likeness (QED) is 0.839. The van der Waals surface area contributed by atoms with E-state index in [1.54, 1.807) is 15.8 Å². The lowest BCUT2D eigenvalue weighted by Crippen LogP contribution is -2.43. The van der Waals surface area contributed by atoms with Crippen LogP contribution in [0.5, 0.6) is 0 Å². The van der Waals surface area contributed by atoms with E-state index in [4.69, 9.17) is 4.74 Å². The highest BCUT2D eigenvalue weighted by atomic mass is 32.1. The molecule has 6 nitrogen and oxygen atoms in total. The molecule has 0 aromatic carbocycles. The fourth-order valence-corrected chi connectivity index (χ4v) is 2.93. The van der Waals surface area contributed by atoms with E-state index in [0.717, 1.165) is 11.5 Å². The molecule has 0 bridgehead atoms. The van der Waals surface area contributed by atoms with Crippen molar-refractivity contribution in [3.05, 3.63) is 34.3 Å². The minimum Gasteiger partial charge on any atom is -0.367 e. The van der Waals surface area contributed by atoms with Crippen molar-refractivity contribution in [2.24, 2.45) is 7.05 Å². The number of rotatable bonds is 2. The van der Waals surface area contributed by atoms with Crippen LogP contribution in [0.25, 0.3) is 0 Å². The van der Waals surface area contributed by atoms with Gasteiger partial charge in [-0.1, -0.05) is 0 Å². The van der Waals surface area contributed by atoms with Crippen molar-refractivity contribution < 1.29 is 9.53 Å². The van der Waals surface area contributed by atoms with Gasteiger partial charge in [0.2, 0.25) is 0 Å². The van der Waals surface area contributed by atoms with Crippen molar-refractivity contribution in [2.45, 2.75) is 13.0 Å². The van der Waals surface area contributed by atoms with Crippen molar-refractivity contribution in [2.75, 3.05) is 19.7 Å². The summed E-state index contributed by atoms with van der Waals surface area (Å²) in [4.78, 5) is 22.7. The number of imidazole rings is 1. The average Bonchev–Trinajstić information content (AvgIpc) is 3.08. The third kappa shape index (κ3) is 2.46. The van der Waals surface area contributed by atoms with Gasteiger partial charge in [-0.15, -0.1) is 11.3 Å². The maximum atomic E-state index is 12.3. The Bertz CT molecular complexity index is 608. The zero-order valence-electron chi connectivity index (χ0n) is 11.4. The van der Waals surface area contributed by atoms with Gasteiger partial charge in [0.1, 0.15) is 17.6 Å². The minimum atomic E-state index is -0.176. The average molecular weight is 292 g/mol. The maximum absolute atomic E-state index is 12.3. The molecule has 3 rings (SSSR count). The van der Waals surface area contributed by atoms with E-state index < -0.39 is 0 Å². The van der Waals surface area contributed by atoms with E-state index in [0.29, 0.717) is 25.4 Å².